The Balaban J connectivity index is 2.65. The molecule has 5 heteroatoms. The fourth-order valence-corrected chi connectivity index (χ4v) is 1.99. The van der Waals surface area contributed by atoms with Gasteiger partial charge in [0.25, 0.3) is 5.91 Å². The Morgan fingerprint density at radius 1 is 1.23 bits per heavy atom. The van der Waals surface area contributed by atoms with Gasteiger partial charge in [0.2, 0.25) is 0 Å². The number of nitrogens with one attached hydrogen (secondary N) is 1. The van der Waals surface area contributed by atoms with E-state index in [-0.39, 0.29) is 11.9 Å². The number of nitrogens with two attached hydrogens (primary N) is 1. The van der Waals surface area contributed by atoms with Crippen molar-refractivity contribution in [3.8, 4) is 0 Å². The smallest absolute Gasteiger partial charge is 0.251 e. The monoisotopic (exact) mass is 304 g/mol. The third-order valence-electron chi connectivity index (χ3n) is 3.72. The molecule has 0 fully saturated rings. The first kappa shape index (κ1) is 18.0. The van der Waals surface area contributed by atoms with Crippen LogP contribution >= 0.6 is 0 Å². The summed E-state index contributed by atoms with van der Waals surface area (Å²) in [6, 6.07) is 7.69. The summed E-state index contributed by atoms with van der Waals surface area (Å²) in [5.41, 5.74) is 7.66. The first-order chi connectivity index (χ1) is 10.5. The molecule has 1 aromatic rings. The molecule has 0 bridgehead atoms. The number of nitrogens with zero attached hydrogens (tertiary/aromatic N) is 2. The molecule has 0 aliphatic heterocycles. The Morgan fingerprint density at radius 2 is 1.82 bits per heavy atom. The van der Waals surface area contributed by atoms with Gasteiger partial charge in [-0.05, 0) is 44.9 Å². The van der Waals surface area contributed by atoms with E-state index in [4.69, 9.17) is 5.73 Å². The Kier molecular flexibility index (Phi) is 7.43. The quantitative estimate of drug-likeness (QED) is 0.600. The number of benzene rings is 1. The van der Waals surface area contributed by atoms with Gasteiger partial charge in [0.05, 0.1) is 6.54 Å². The third kappa shape index (κ3) is 5.39. The zero-order valence-corrected chi connectivity index (χ0v) is 14.1. The van der Waals surface area contributed by atoms with Crippen LogP contribution in [0.15, 0.2) is 29.3 Å². The first-order valence-corrected chi connectivity index (χ1v) is 7.96. The van der Waals surface area contributed by atoms with Crippen molar-refractivity contribution in [3.63, 3.8) is 0 Å². The van der Waals surface area contributed by atoms with E-state index in [1.165, 1.54) is 0 Å². The van der Waals surface area contributed by atoms with Gasteiger partial charge < -0.3 is 16.0 Å². The Labute approximate surface area is 133 Å². The van der Waals surface area contributed by atoms with Crippen LogP contribution in [0.2, 0.25) is 0 Å². The molecule has 0 spiro atoms. The molecule has 1 atom stereocenters. The number of aliphatic imine (C=N–C) groups is 1. The Morgan fingerprint density at radius 3 is 2.32 bits per heavy atom. The highest BCUT2D eigenvalue weighted by atomic mass is 16.1. The lowest BCUT2D eigenvalue weighted by Crippen LogP contribution is -2.37. The number of rotatable bonds is 7. The molecular formula is C17H28N4O. The maximum absolute atomic E-state index is 12.0. The van der Waals surface area contributed by atoms with Crippen LogP contribution in [0.4, 0.5) is 0 Å². The highest BCUT2D eigenvalue weighted by molar-refractivity contribution is 5.94. The number of hydrogen-bond acceptors (Lipinski definition) is 2. The molecular weight excluding hydrogens is 276 g/mol. The van der Waals surface area contributed by atoms with Gasteiger partial charge in [0.15, 0.2) is 5.96 Å². The lowest BCUT2D eigenvalue weighted by molar-refractivity contribution is 0.0939. The largest absolute Gasteiger partial charge is 0.370 e. The van der Waals surface area contributed by atoms with Gasteiger partial charge in [0, 0.05) is 24.7 Å². The second kappa shape index (κ2) is 9.07. The second-order valence-electron chi connectivity index (χ2n) is 5.33. The molecule has 1 rings (SSSR count). The molecule has 1 amide bonds. The van der Waals surface area contributed by atoms with Crippen molar-refractivity contribution in [2.75, 3.05) is 13.1 Å². The fraction of sp³-hybridized carbons (Fsp3) is 0.529. The van der Waals surface area contributed by atoms with E-state index in [0.717, 1.165) is 25.1 Å². The molecule has 5 nitrogen and oxygen atoms in total. The number of hydrogen-bond donors (Lipinski definition) is 2. The van der Waals surface area contributed by atoms with Crippen molar-refractivity contribution in [3.05, 3.63) is 35.4 Å². The first-order valence-electron chi connectivity index (χ1n) is 7.96. The average molecular weight is 304 g/mol. The van der Waals surface area contributed by atoms with E-state index in [2.05, 4.69) is 24.2 Å². The third-order valence-corrected chi connectivity index (χ3v) is 3.72. The minimum atomic E-state index is -0.0351. The van der Waals surface area contributed by atoms with Crippen molar-refractivity contribution < 1.29 is 4.79 Å². The molecule has 122 valence electrons. The fourth-order valence-electron chi connectivity index (χ4n) is 1.99. The van der Waals surface area contributed by atoms with Gasteiger partial charge in [-0.1, -0.05) is 19.1 Å². The standard InChI is InChI=1S/C17H28N4O/c1-5-13(4)20-16(22)15-10-8-14(9-11-15)12-19-17(18)21(6-2)7-3/h8-11,13H,5-7,12H2,1-4H3,(H2,18,19)(H,20,22). The van der Waals surface area contributed by atoms with E-state index in [1.54, 1.807) is 0 Å². The van der Waals surface area contributed by atoms with Crippen LogP contribution < -0.4 is 11.1 Å². The Bertz CT molecular complexity index is 492. The molecule has 1 aromatic carbocycles. The molecule has 0 radical (unpaired) electrons. The summed E-state index contributed by atoms with van der Waals surface area (Å²) in [6.45, 7) is 10.4. The summed E-state index contributed by atoms with van der Waals surface area (Å²) < 4.78 is 0. The minimum Gasteiger partial charge on any atom is -0.370 e. The number of carbonyl (C=O) groups is 1. The zero-order chi connectivity index (χ0) is 16.5. The molecule has 3 N–H and O–H groups in total. The van der Waals surface area contributed by atoms with Crippen molar-refractivity contribution in [2.45, 2.75) is 46.7 Å². The predicted octanol–water partition coefficient (Wildman–Crippen LogP) is 2.37. The molecule has 0 aromatic heterocycles. The van der Waals surface area contributed by atoms with Gasteiger partial charge in [-0.2, -0.15) is 0 Å². The highest BCUT2D eigenvalue weighted by Gasteiger charge is 2.08. The summed E-state index contributed by atoms with van der Waals surface area (Å²) in [5, 5.41) is 2.95. The molecule has 0 saturated heterocycles. The van der Waals surface area contributed by atoms with Crippen molar-refractivity contribution in [1.82, 2.24) is 10.2 Å². The molecule has 0 aliphatic carbocycles. The summed E-state index contributed by atoms with van der Waals surface area (Å²) in [7, 11) is 0. The van der Waals surface area contributed by atoms with Crippen LogP contribution in [-0.4, -0.2) is 35.9 Å². The van der Waals surface area contributed by atoms with Gasteiger partial charge in [-0.15, -0.1) is 0 Å². The minimum absolute atomic E-state index is 0.0351. The SMILES string of the molecule is CCC(C)NC(=O)c1ccc(CN=C(N)N(CC)CC)cc1. The van der Waals surface area contributed by atoms with E-state index in [1.807, 2.05) is 43.0 Å². The van der Waals surface area contributed by atoms with Crippen LogP contribution in [-0.2, 0) is 6.54 Å². The maximum Gasteiger partial charge on any atom is 0.251 e. The lowest BCUT2D eigenvalue weighted by atomic mass is 10.1. The molecule has 0 saturated carbocycles. The summed E-state index contributed by atoms with van der Waals surface area (Å²) in [4.78, 5) is 18.4. The Hall–Kier alpha value is -2.04. The van der Waals surface area contributed by atoms with Crippen molar-refractivity contribution in [2.24, 2.45) is 10.7 Å². The summed E-state index contributed by atoms with van der Waals surface area (Å²) in [5.74, 6) is 0.524. The summed E-state index contributed by atoms with van der Waals surface area (Å²) in [6.07, 6.45) is 0.920. The van der Waals surface area contributed by atoms with E-state index in [9.17, 15) is 4.79 Å². The van der Waals surface area contributed by atoms with Crippen LogP contribution in [0.1, 0.15) is 50.0 Å². The number of carbonyl (C=O) groups excluding carboxylic acids is 1. The van der Waals surface area contributed by atoms with Gasteiger partial charge in [-0.25, -0.2) is 4.99 Å². The predicted molar refractivity (Wildman–Crippen MR) is 91.9 cm³/mol. The molecule has 0 heterocycles. The average Bonchev–Trinajstić information content (AvgIpc) is 2.54. The number of amides is 1. The highest BCUT2D eigenvalue weighted by Crippen LogP contribution is 2.07. The van der Waals surface area contributed by atoms with Crippen molar-refractivity contribution >= 4 is 11.9 Å². The second-order valence-corrected chi connectivity index (χ2v) is 5.33. The molecule has 0 aliphatic rings. The summed E-state index contributed by atoms with van der Waals surface area (Å²) >= 11 is 0. The van der Waals surface area contributed by atoms with Crippen LogP contribution in [0.3, 0.4) is 0 Å². The van der Waals surface area contributed by atoms with Gasteiger partial charge in [-0.3, -0.25) is 4.79 Å². The zero-order valence-electron chi connectivity index (χ0n) is 14.1. The molecule has 22 heavy (non-hydrogen) atoms. The molecule has 1 unspecified atom stereocenters. The topological polar surface area (TPSA) is 70.7 Å². The van der Waals surface area contributed by atoms with E-state index >= 15 is 0 Å². The van der Waals surface area contributed by atoms with Crippen LogP contribution in [0.5, 0.6) is 0 Å². The van der Waals surface area contributed by atoms with Crippen molar-refractivity contribution in [1.29, 1.82) is 0 Å². The normalized spacial score (nSPS) is 12.8. The van der Waals surface area contributed by atoms with Crippen LogP contribution in [0.25, 0.3) is 0 Å². The van der Waals surface area contributed by atoms with E-state index < -0.39 is 0 Å². The number of guanidine groups is 1. The lowest BCUT2D eigenvalue weighted by Gasteiger charge is -2.19. The maximum atomic E-state index is 12.0. The van der Waals surface area contributed by atoms with E-state index in [0.29, 0.717) is 18.1 Å². The van der Waals surface area contributed by atoms with Gasteiger partial charge >= 0.3 is 0 Å². The van der Waals surface area contributed by atoms with Gasteiger partial charge in [0.1, 0.15) is 0 Å². The van der Waals surface area contributed by atoms with Crippen LogP contribution in [0, 0.1) is 0 Å².